The van der Waals surface area contributed by atoms with Crippen molar-refractivity contribution in [1.82, 2.24) is 19.7 Å². The fraction of sp³-hybridized carbons (Fsp3) is 0.250. The van der Waals surface area contributed by atoms with E-state index in [1.54, 1.807) is 24.7 Å². The first-order valence-corrected chi connectivity index (χ1v) is 6.44. The van der Waals surface area contributed by atoms with E-state index in [1.165, 1.54) is 0 Å². The lowest BCUT2D eigenvalue weighted by molar-refractivity contribution is 0.0705. The van der Waals surface area contributed by atoms with E-state index in [0.717, 1.165) is 16.7 Å². The second-order valence-electron chi connectivity index (χ2n) is 4.16. The molecule has 0 fully saturated rings. The molecule has 0 unspecified atom stereocenters. The molecule has 3 rings (SSSR count). The number of hydrogen-bond donors (Lipinski definition) is 0. The summed E-state index contributed by atoms with van der Waals surface area (Å²) in [4.78, 5) is 18.2. The zero-order valence-corrected chi connectivity index (χ0v) is 11.2. The Morgan fingerprint density at radius 1 is 1.33 bits per heavy atom. The summed E-state index contributed by atoms with van der Waals surface area (Å²) < 4.78 is 2.75. The van der Waals surface area contributed by atoms with Gasteiger partial charge in [-0.1, -0.05) is 0 Å². The van der Waals surface area contributed by atoms with Crippen molar-refractivity contribution in [3.63, 3.8) is 0 Å². The number of carbonyl (C=O) groups is 1. The van der Waals surface area contributed by atoms with Crippen molar-refractivity contribution in [2.75, 3.05) is 6.54 Å². The van der Waals surface area contributed by atoms with Gasteiger partial charge in [-0.2, -0.15) is 5.10 Å². The highest BCUT2D eigenvalue weighted by molar-refractivity contribution is 9.10. The largest absolute Gasteiger partial charge is 0.331 e. The van der Waals surface area contributed by atoms with Gasteiger partial charge >= 0.3 is 0 Å². The number of hydrogen-bond acceptors (Lipinski definition) is 3. The monoisotopic (exact) mass is 306 g/mol. The lowest BCUT2D eigenvalue weighted by atomic mass is 10.2. The average Bonchev–Trinajstić information content (AvgIpc) is 2.85. The summed E-state index contributed by atoms with van der Waals surface area (Å²) in [7, 11) is 0. The van der Waals surface area contributed by atoms with E-state index < -0.39 is 0 Å². The third-order valence-electron chi connectivity index (χ3n) is 2.98. The molecule has 0 radical (unpaired) electrons. The number of pyridine rings is 1. The predicted octanol–water partition coefficient (Wildman–Crippen LogP) is 1.70. The van der Waals surface area contributed by atoms with Gasteiger partial charge in [-0.05, 0) is 28.1 Å². The molecule has 1 amide bonds. The predicted molar refractivity (Wildman–Crippen MR) is 68.9 cm³/mol. The molecule has 0 spiro atoms. The fourth-order valence-corrected chi connectivity index (χ4v) is 2.44. The number of nitrogens with zero attached hydrogens (tertiary/aromatic N) is 4. The second-order valence-corrected chi connectivity index (χ2v) is 5.08. The molecule has 3 heterocycles. The summed E-state index contributed by atoms with van der Waals surface area (Å²) in [6.07, 6.45) is 5.03. The number of fused-ring (bicyclic) bond motifs is 1. The SMILES string of the molecule is O=C(c1cncc(Br)c1)N1CCn2nccc2C1. The maximum Gasteiger partial charge on any atom is 0.255 e. The molecule has 92 valence electrons. The van der Waals surface area contributed by atoms with Crippen LogP contribution >= 0.6 is 15.9 Å². The van der Waals surface area contributed by atoms with Gasteiger partial charge in [-0.25, -0.2) is 0 Å². The molecule has 2 aromatic rings. The van der Waals surface area contributed by atoms with Gasteiger partial charge < -0.3 is 4.90 Å². The summed E-state index contributed by atoms with van der Waals surface area (Å²) >= 11 is 3.33. The van der Waals surface area contributed by atoms with E-state index in [2.05, 4.69) is 26.0 Å². The number of halogens is 1. The van der Waals surface area contributed by atoms with Crippen LogP contribution in [-0.4, -0.2) is 32.1 Å². The lowest BCUT2D eigenvalue weighted by Crippen LogP contribution is -2.38. The van der Waals surface area contributed by atoms with Crippen LogP contribution in [0.4, 0.5) is 0 Å². The van der Waals surface area contributed by atoms with E-state index in [1.807, 2.05) is 15.6 Å². The maximum atomic E-state index is 12.3. The molecule has 0 aromatic carbocycles. The molecule has 5 nitrogen and oxygen atoms in total. The number of rotatable bonds is 1. The van der Waals surface area contributed by atoms with E-state index in [4.69, 9.17) is 0 Å². The highest BCUT2D eigenvalue weighted by Gasteiger charge is 2.22. The van der Waals surface area contributed by atoms with E-state index in [9.17, 15) is 4.79 Å². The van der Waals surface area contributed by atoms with Crippen LogP contribution in [0.2, 0.25) is 0 Å². The van der Waals surface area contributed by atoms with Gasteiger partial charge in [0.05, 0.1) is 24.3 Å². The molecule has 1 aliphatic rings. The zero-order chi connectivity index (χ0) is 12.5. The fourth-order valence-electron chi connectivity index (χ4n) is 2.07. The van der Waals surface area contributed by atoms with Crippen LogP contribution in [0.25, 0.3) is 0 Å². The average molecular weight is 307 g/mol. The number of amides is 1. The molecule has 6 heteroatoms. The first-order chi connectivity index (χ1) is 8.74. The molecule has 0 bridgehead atoms. The third kappa shape index (κ3) is 2.03. The molecule has 0 atom stereocenters. The minimum Gasteiger partial charge on any atom is -0.331 e. The van der Waals surface area contributed by atoms with Crippen LogP contribution in [0, 0.1) is 0 Å². The van der Waals surface area contributed by atoms with Crippen LogP contribution < -0.4 is 0 Å². The van der Waals surface area contributed by atoms with Crippen molar-refractivity contribution in [3.8, 4) is 0 Å². The topological polar surface area (TPSA) is 51.0 Å². The summed E-state index contributed by atoms with van der Waals surface area (Å²) in [5, 5.41) is 4.20. The van der Waals surface area contributed by atoms with Crippen molar-refractivity contribution >= 4 is 21.8 Å². The Kier molecular flexibility index (Phi) is 2.87. The van der Waals surface area contributed by atoms with Crippen LogP contribution in [-0.2, 0) is 13.1 Å². The summed E-state index contributed by atoms with van der Waals surface area (Å²) in [6, 6.07) is 3.74. The molecule has 18 heavy (non-hydrogen) atoms. The second kappa shape index (κ2) is 4.53. The lowest BCUT2D eigenvalue weighted by Gasteiger charge is -2.27. The van der Waals surface area contributed by atoms with Crippen LogP contribution in [0.5, 0.6) is 0 Å². The molecule has 1 aliphatic heterocycles. The molecule has 0 N–H and O–H groups in total. The van der Waals surface area contributed by atoms with Gasteiger partial charge in [-0.15, -0.1) is 0 Å². The molecule has 0 aliphatic carbocycles. The van der Waals surface area contributed by atoms with Gasteiger partial charge in [0.2, 0.25) is 0 Å². The molecule has 0 saturated carbocycles. The van der Waals surface area contributed by atoms with Crippen molar-refractivity contribution in [3.05, 3.63) is 46.5 Å². The molecular formula is C12H11BrN4O. The molecule has 2 aromatic heterocycles. The summed E-state index contributed by atoms with van der Waals surface area (Å²) in [5.41, 5.74) is 1.68. The maximum absolute atomic E-state index is 12.3. The first kappa shape index (κ1) is 11.4. The number of aromatic nitrogens is 3. The van der Waals surface area contributed by atoms with E-state index in [-0.39, 0.29) is 5.91 Å². The minimum atomic E-state index is 0.0104. The van der Waals surface area contributed by atoms with Crippen molar-refractivity contribution in [2.45, 2.75) is 13.1 Å². The van der Waals surface area contributed by atoms with Crippen molar-refractivity contribution in [1.29, 1.82) is 0 Å². The highest BCUT2D eigenvalue weighted by Crippen LogP contribution is 2.16. The highest BCUT2D eigenvalue weighted by atomic mass is 79.9. The van der Waals surface area contributed by atoms with Gasteiger partial charge in [0.25, 0.3) is 5.91 Å². The molecule has 0 saturated heterocycles. The van der Waals surface area contributed by atoms with Crippen LogP contribution in [0.1, 0.15) is 16.1 Å². The summed E-state index contributed by atoms with van der Waals surface area (Å²) in [5.74, 6) is 0.0104. The van der Waals surface area contributed by atoms with Crippen LogP contribution in [0.3, 0.4) is 0 Å². The van der Waals surface area contributed by atoms with Gasteiger partial charge in [0.1, 0.15) is 0 Å². The van der Waals surface area contributed by atoms with Crippen molar-refractivity contribution in [2.24, 2.45) is 0 Å². The Balaban J connectivity index is 1.83. The van der Waals surface area contributed by atoms with Gasteiger partial charge in [-0.3, -0.25) is 14.5 Å². The van der Waals surface area contributed by atoms with Gasteiger partial charge in [0, 0.05) is 29.6 Å². The van der Waals surface area contributed by atoms with E-state index in [0.29, 0.717) is 18.7 Å². The third-order valence-corrected chi connectivity index (χ3v) is 3.41. The Bertz CT molecular complexity index is 595. The summed E-state index contributed by atoms with van der Waals surface area (Å²) in [6.45, 7) is 2.03. The first-order valence-electron chi connectivity index (χ1n) is 5.64. The number of carbonyl (C=O) groups excluding carboxylic acids is 1. The van der Waals surface area contributed by atoms with Crippen LogP contribution in [0.15, 0.2) is 35.2 Å². The van der Waals surface area contributed by atoms with E-state index >= 15 is 0 Å². The van der Waals surface area contributed by atoms with Gasteiger partial charge in [0.15, 0.2) is 0 Å². The van der Waals surface area contributed by atoms with Crippen molar-refractivity contribution < 1.29 is 4.79 Å². The Labute approximate surface area is 113 Å². The Morgan fingerprint density at radius 3 is 3.06 bits per heavy atom. The zero-order valence-electron chi connectivity index (χ0n) is 9.58. The Morgan fingerprint density at radius 2 is 2.22 bits per heavy atom. The normalized spacial score (nSPS) is 14.4. The molecular weight excluding hydrogens is 296 g/mol. The quantitative estimate of drug-likeness (QED) is 0.806. The standard InChI is InChI=1S/C12H11BrN4O/c13-10-5-9(6-14-7-10)12(18)16-3-4-17-11(8-16)1-2-15-17/h1-2,5-7H,3-4,8H2. The Hall–Kier alpha value is -1.69. The smallest absolute Gasteiger partial charge is 0.255 e. The minimum absolute atomic E-state index is 0.0104.